The van der Waals surface area contributed by atoms with Crippen LogP contribution in [-0.2, 0) is 11.3 Å². The van der Waals surface area contributed by atoms with Crippen molar-refractivity contribution in [1.82, 2.24) is 14.9 Å². The monoisotopic (exact) mass is 460 g/mol. The summed E-state index contributed by atoms with van der Waals surface area (Å²) in [6.07, 6.45) is 0. The third kappa shape index (κ3) is 4.44. The average Bonchev–Trinajstić information content (AvgIpc) is 3.30. The number of rotatable bonds is 6. The molecule has 3 heterocycles. The van der Waals surface area contributed by atoms with Gasteiger partial charge in [-0.2, -0.15) is 0 Å². The van der Waals surface area contributed by atoms with Gasteiger partial charge in [-0.25, -0.2) is 4.98 Å². The first-order chi connectivity index (χ1) is 16.1. The van der Waals surface area contributed by atoms with E-state index < -0.39 is 0 Å². The third-order valence-electron chi connectivity index (χ3n) is 6.37. The van der Waals surface area contributed by atoms with E-state index in [4.69, 9.17) is 9.72 Å². The van der Waals surface area contributed by atoms with Crippen molar-refractivity contribution in [3.8, 4) is 11.1 Å². The number of hydrogen-bond acceptors (Lipinski definition) is 6. The predicted octanol–water partition coefficient (Wildman–Crippen LogP) is 4.68. The number of hydrogen-bond donors (Lipinski definition) is 1. The fourth-order valence-corrected chi connectivity index (χ4v) is 5.32. The van der Waals surface area contributed by atoms with E-state index in [9.17, 15) is 4.79 Å². The molecule has 2 aromatic carbocycles. The van der Waals surface area contributed by atoms with E-state index in [-0.39, 0.29) is 11.6 Å². The summed E-state index contributed by atoms with van der Waals surface area (Å²) < 4.78 is 5.52. The summed E-state index contributed by atoms with van der Waals surface area (Å²) in [6, 6.07) is 18.5. The summed E-state index contributed by atoms with van der Waals surface area (Å²) >= 11 is 1.52. The molecule has 5 rings (SSSR count). The number of benzene rings is 2. The van der Waals surface area contributed by atoms with Crippen LogP contribution in [0.25, 0.3) is 21.3 Å². The molecule has 170 valence electrons. The molecule has 1 aliphatic rings. The molecule has 1 unspecified atom stereocenters. The van der Waals surface area contributed by atoms with Crippen LogP contribution in [0.2, 0.25) is 0 Å². The minimum absolute atomic E-state index is 0.0397. The Bertz CT molecular complexity index is 1290. The smallest absolute Gasteiger partial charge is 0.260 e. The molecule has 1 fully saturated rings. The van der Waals surface area contributed by atoms with Crippen LogP contribution in [0, 0.1) is 0 Å². The van der Waals surface area contributed by atoms with Gasteiger partial charge in [-0.15, -0.1) is 11.3 Å². The maximum Gasteiger partial charge on any atom is 0.260 e. The molecule has 0 bridgehead atoms. The highest BCUT2D eigenvalue weighted by atomic mass is 32.1. The Kier molecular flexibility index (Phi) is 6.26. The number of aromatic nitrogens is 2. The van der Waals surface area contributed by atoms with Crippen LogP contribution in [0.3, 0.4) is 0 Å². The second kappa shape index (κ2) is 9.47. The van der Waals surface area contributed by atoms with Gasteiger partial charge in [0.15, 0.2) is 0 Å². The molecule has 1 aliphatic heterocycles. The number of nitrogens with zero attached hydrogens (tertiary/aromatic N) is 3. The number of fused-ring (bicyclic) bond motifs is 1. The Morgan fingerprint density at radius 1 is 1.12 bits per heavy atom. The molecular formula is C26H28N4O2S. The highest BCUT2D eigenvalue weighted by Crippen LogP contribution is 2.32. The second-order valence-corrected chi connectivity index (χ2v) is 9.32. The van der Waals surface area contributed by atoms with Gasteiger partial charge in [0.25, 0.3) is 5.56 Å². The van der Waals surface area contributed by atoms with Gasteiger partial charge in [-0.3, -0.25) is 9.69 Å². The van der Waals surface area contributed by atoms with E-state index in [2.05, 4.69) is 53.0 Å². The zero-order valence-corrected chi connectivity index (χ0v) is 19.8. The van der Waals surface area contributed by atoms with Crippen LogP contribution in [0.5, 0.6) is 0 Å². The van der Waals surface area contributed by atoms with Crippen molar-refractivity contribution in [3.63, 3.8) is 0 Å². The van der Waals surface area contributed by atoms with Crippen LogP contribution in [-0.4, -0.2) is 48.2 Å². The molecule has 0 amide bonds. The van der Waals surface area contributed by atoms with Gasteiger partial charge in [-0.05, 0) is 31.2 Å². The Labute approximate surface area is 197 Å². The zero-order valence-electron chi connectivity index (χ0n) is 19.0. The van der Waals surface area contributed by atoms with Crippen LogP contribution in [0.1, 0.15) is 24.4 Å². The van der Waals surface area contributed by atoms with E-state index in [1.165, 1.54) is 22.6 Å². The summed E-state index contributed by atoms with van der Waals surface area (Å²) in [7, 11) is 2.08. The lowest BCUT2D eigenvalue weighted by Crippen LogP contribution is -2.37. The van der Waals surface area contributed by atoms with Crippen molar-refractivity contribution < 1.29 is 4.74 Å². The lowest BCUT2D eigenvalue weighted by atomic mass is 10.1. The highest BCUT2D eigenvalue weighted by molar-refractivity contribution is 7.17. The first kappa shape index (κ1) is 21.8. The maximum atomic E-state index is 13.1. The minimum atomic E-state index is -0.0796. The van der Waals surface area contributed by atoms with Crippen LogP contribution >= 0.6 is 11.3 Å². The second-order valence-electron chi connectivity index (χ2n) is 8.47. The first-order valence-electron chi connectivity index (χ1n) is 11.3. The predicted molar refractivity (Wildman–Crippen MR) is 135 cm³/mol. The maximum absolute atomic E-state index is 13.1. The van der Waals surface area contributed by atoms with Gasteiger partial charge in [0.2, 0.25) is 0 Å². The quantitative estimate of drug-likeness (QED) is 0.453. The van der Waals surface area contributed by atoms with Gasteiger partial charge in [0, 0.05) is 36.3 Å². The summed E-state index contributed by atoms with van der Waals surface area (Å²) in [5.74, 6) is 0.695. The van der Waals surface area contributed by atoms with E-state index in [1.807, 2.05) is 35.7 Å². The van der Waals surface area contributed by atoms with Gasteiger partial charge in [0.05, 0.1) is 24.6 Å². The molecular weight excluding hydrogens is 432 g/mol. The number of thiophene rings is 1. The van der Waals surface area contributed by atoms with E-state index >= 15 is 0 Å². The SMILES string of the molecule is CC(c1nc2scc(-c3ccccc3)c2c(=O)[nH]1)N(C)Cc1ccccc1N1CCOCC1. The molecule has 0 radical (unpaired) electrons. The Morgan fingerprint density at radius 2 is 1.85 bits per heavy atom. The minimum Gasteiger partial charge on any atom is -0.378 e. The number of anilines is 1. The molecule has 0 aliphatic carbocycles. The van der Waals surface area contributed by atoms with Crippen LogP contribution < -0.4 is 10.5 Å². The molecule has 1 N–H and O–H groups in total. The number of nitrogens with one attached hydrogen (secondary N) is 1. The highest BCUT2D eigenvalue weighted by Gasteiger charge is 2.21. The van der Waals surface area contributed by atoms with Crippen molar-refractivity contribution in [1.29, 1.82) is 0 Å². The molecule has 7 heteroatoms. The summed E-state index contributed by atoms with van der Waals surface area (Å²) in [5.41, 5.74) is 4.41. The number of para-hydroxylation sites is 1. The molecule has 2 aromatic heterocycles. The Morgan fingerprint density at radius 3 is 2.64 bits per heavy atom. The summed E-state index contributed by atoms with van der Waals surface area (Å²) in [4.78, 5) is 26.4. The van der Waals surface area contributed by atoms with Gasteiger partial charge < -0.3 is 14.6 Å². The molecule has 33 heavy (non-hydrogen) atoms. The van der Waals surface area contributed by atoms with Crippen LogP contribution in [0.4, 0.5) is 5.69 Å². The normalized spacial score (nSPS) is 15.3. The lowest BCUT2D eigenvalue weighted by molar-refractivity contribution is 0.122. The number of H-pyrrole nitrogens is 1. The van der Waals surface area contributed by atoms with Crippen molar-refractivity contribution in [2.75, 3.05) is 38.3 Å². The van der Waals surface area contributed by atoms with Crippen molar-refractivity contribution >= 4 is 27.2 Å². The number of morpholine rings is 1. The molecule has 1 saturated heterocycles. The van der Waals surface area contributed by atoms with Crippen molar-refractivity contribution in [2.45, 2.75) is 19.5 Å². The van der Waals surface area contributed by atoms with E-state index in [1.54, 1.807) is 0 Å². The van der Waals surface area contributed by atoms with Crippen molar-refractivity contribution in [3.05, 3.63) is 81.7 Å². The zero-order chi connectivity index (χ0) is 22.8. The molecule has 0 saturated carbocycles. The molecule has 6 nitrogen and oxygen atoms in total. The van der Waals surface area contributed by atoms with Crippen LogP contribution in [0.15, 0.2) is 64.8 Å². The Hall–Kier alpha value is -3.00. The van der Waals surface area contributed by atoms with Gasteiger partial charge >= 0.3 is 0 Å². The fraction of sp³-hybridized carbons (Fsp3) is 0.308. The lowest BCUT2D eigenvalue weighted by Gasteiger charge is -2.32. The van der Waals surface area contributed by atoms with E-state index in [0.717, 1.165) is 48.8 Å². The average molecular weight is 461 g/mol. The number of aromatic amines is 1. The van der Waals surface area contributed by atoms with Gasteiger partial charge in [0.1, 0.15) is 10.7 Å². The number of ether oxygens (including phenoxy) is 1. The standard InChI is InChI=1S/C26H28N4O2S/c1-18(29(2)16-20-10-6-7-11-22(20)30-12-14-32-15-13-30)24-27-25(31)23-21(17-33-26(23)28-24)19-8-4-3-5-9-19/h3-11,17-18H,12-16H2,1-2H3,(H,27,28,31). The largest absolute Gasteiger partial charge is 0.378 e. The van der Waals surface area contributed by atoms with Gasteiger partial charge in [-0.1, -0.05) is 48.5 Å². The van der Waals surface area contributed by atoms with Crippen molar-refractivity contribution in [2.24, 2.45) is 0 Å². The topological polar surface area (TPSA) is 61.5 Å². The Balaban J connectivity index is 1.40. The summed E-state index contributed by atoms with van der Waals surface area (Å²) in [5, 5.41) is 2.70. The molecule has 4 aromatic rings. The molecule has 1 atom stereocenters. The molecule has 0 spiro atoms. The van der Waals surface area contributed by atoms with E-state index in [0.29, 0.717) is 11.2 Å². The summed E-state index contributed by atoms with van der Waals surface area (Å²) in [6.45, 7) is 6.19. The third-order valence-corrected chi connectivity index (χ3v) is 7.24. The fourth-order valence-electron chi connectivity index (χ4n) is 4.37. The first-order valence-corrected chi connectivity index (χ1v) is 12.2.